The topological polar surface area (TPSA) is 38.6 Å². The van der Waals surface area contributed by atoms with Crippen LogP contribution in [0.1, 0.15) is 5.69 Å². The lowest BCUT2D eigenvalue weighted by molar-refractivity contribution is 0.416. The van der Waals surface area contributed by atoms with Crippen LogP contribution in [0.3, 0.4) is 0 Å². The molecule has 0 fully saturated rings. The van der Waals surface area contributed by atoms with Crippen LogP contribution < -0.4 is 10.1 Å². The van der Waals surface area contributed by atoms with Crippen LogP contribution in [0.4, 0.5) is 5.69 Å². The van der Waals surface area contributed by atoms with Gasteiger partial charge in [-0.15, -0.1) is 0 Å². The number of halogens is 2. The van der Waals surface area contributed by atoms with Crippen molar-refractivity contribution in [3.63, 3.8) is 0 Å². The Morgan fingerprint density at radius 3 is 2.76 bits per heavy atom. The number of fused-ring (bicyclic) bond motifs is 1. The number of aromatic nitrogens is 2. The number of benzene rings is 1. The van der Waals surface area contributed by atoms with E-state index < -0.39 is 0 Å². The molecule has 0 spiro atoms. The van der Waals surface area contributed by atoms with Crippen LogP contribution in [-0.4, -0.2) is 16.5 Å². The smallest absolute Gasteiger partial charge is 0.142 e. The molecule has 6 heteroatoms. The zero-order chi connectivity index (χ0) is 14.8. The van der Waals surface area contributed by atoms with Crippen LogP contribution in [0.5, 0.6) is 5.75 Å². The summed E-state index contributed by atoms with van der Waals surface area (Å²) >= 11 is 12.0. The average molecular weight is 322 g/mol. The van der Waals surface area contributed by atoms with Crippen molar-refractivity contribution in [1.29, 1.82) is 0 Å². The summed E-state index contributed by atoms with van der Waals surface area (Å²) in [6, 6.07) is 9.15. The molecule has 0 saturated heterocycles. The molecule has 0 atom stereocenters. The van der Waals surface area contributed by atoms with Gasteiger partial charge in [0.15, 0.2) is 0 Å². The van der Waals surface area contributed by atoms with Crippen molar-refractivity contribution in [3.8, 4) is 5.75 Å². The molecular formula is C15H13Cl2N3O. The lowest BCUT2D eigenvalue weighted by Gasteiger charge is -2.10. The van der Waals surface area contributed by atoms with Crippen LogP contribution in [0.25, 0.3) is 5.65 Å². The maximum atomic E-state index is 6.01. The summed E-state index contributed by atoms with van der Waals surface area (Å²) in [7, 11) is 1.63. The van der Waals surface area contributed by atoms with E-state index in [4.69, 9.17) is 27.9 Å². The van der Waals surface area contributed by atoms with Gasteiger partial charge in [0, 0.05) is 17.4 Å². The number of hydrogen-bond donors (Lipinski definition) is 1. The highest BCUT2D eigenvalue weighted by Crippen LogP contribution is 2.28. The summed E-state index contributed by atoms with van der Waals surface area (Å²) in [5.41, 5.74) is 2.59. The minimum absolute atomic E-state index is 0.565. The Balaban J connectivity index is 1.81. The van der Waals surface area contributed by atoms with E-state index in [9.17, 15) is 0 Å². The minimum Gasteiger partial charge on any atom is -0.495 e. The summed E-state index contributed by atoms with van der Waals surface area (Å²) in [5, 5.41) is 4.61. The Morgan fingerprint density at radius 1 is 1.14 bits per heavy atom. The first-order valence-electron chi connectivity index (χ1n) is 6.36. The van der Waals surface area contributed by atoms with Gasteiger partial charge in [0.05, 0.1) is 30.1 Å². The molecule has 3 aromatic rings. The maximum absolute atomic E-state index is 6.01. The molecule has 0 unspecified atom stereocenters. The molecule has 2 aromatic heterocycles. The molecule has 108 valence electrons. The number of hydrogen-bond acceptors (Lipinski definition) is 3. The summed E-state index contributed by atoms with van der Waals surface area (Å²) < 4.78 is 7.20. The zero-order valence-corrected chi connectivity index (χ0v) is 12.8. The minimum atomic E-state index is 0.565. The van der Waals surface area contributed by atoms with Crippen molar-refractivity contribution in [2.45, 2.75) is 6.54 Å². The molecule has 0 aliphatic heterocycles. The van der Waals surface area contributed by atoms with Crippen LogP contribution in [0.15, 0.2) is 42.7 Å². The molecule has 4 nitrogen and oxygen atoms in total. The summed E-state index contributed by atoms with van der Waals surface area (Å²) in [6.45, 7) is 0.565. The summed E-state index contributed by atoms with van der Waals surface area (Å²) in [6.07, 6.45) is 3.76. The first-order chi connectivity index (χ1) is 10.2. The van der Waals surface area contributed by atoms with E-state index in [0.29, 0.717) is 16.6 Å². The summed E-state index contributed by atoms with van der Waals surface area (Å²) in [4.78, 5) is 4.51. The van der Waals surface area contributed by atoms with Crippen molar-refractivity contribution in [1.82, 2.24) is 9.38 Å². The fraction of sp³-hybridized carbons (Fsp3) is 0.133. The highest BCUT2D eigenvalue weighted by Gasteiger charge is 2.06. The number of methoxy groups -OCH3 is 1. The van der Waals surface area contributed by atoms with Gasteiger partial charge in [-0.05, 0) is 30.3 Å². The summed E-state index contributed by atoms with van der Waals surface area (Å²) in [5.74, 6) is 0.742. The third-order valence-corrected chi connectivity index (χ3v) is 3.55. The lowest BCUT2D eigenvalue weighted by atomic mass is 10.3. The molecule has 3 rings (SSSR count). The number of imidazole rings is 1. The molecule has 0 aliphatic rings. The van der Waals surface area contributed by atoms with Gasteiger partial charge in [0.25, 0.3) is 0 Å². The number of anilines is 1. The standard InChI is InChI=1S/C15H13Cl2N3O/c1-21-14-4-2-10(16)6-13(14)18-7-12-9-20-8-11(17)3-5-15(20)19-12/h2-6,8-9,18H,7H2,1H3. The van der Waals surface area contributed by atoms with Crippen LogP contribution in [0, 0.1) is 0 Å². The fourth-order valence-electron chi connectivity index (χ4n) is 2.11. The second-order valence-corrected chi connectivity index (χ2v) is 5.42. The molecule has 0 radical (unpaired) electrons. The van der Waals surface area contributed by atoms with Crippen LogP contribution >= 0.6 is 23.2 Å². The third kappa shape index (κ3) is 3.06. The van der Waals surface area contributed by atoms with Crippen molar-refractivity contribution >= 4 is 34.5 Å². The lowest BCUT2D eigenvalue weighted by Crippen LogP contribution is -2.01. The van der Waals surface area contributed by atoms with Gasteiger partial charge in [-0.3, -0.25) is 0 Å². The van der Waals surface area contributed by atoms with Gasteiger partial charge in [-0.1, -0.05) is 23.2 Å². The van der Waals surface area contributed by atoms with Crippen molar-refractivity contribution < 1.29 is 4.74 Å². The molecule has 0 bridgehead atoms. The first kappa shape index (κ1) is 14.0. The maximum Gasteiger partial charge on any atom is 0.142 e. The zero-order valence-electron chi connectivity index (χ0n) is 11.3. The SMILES string of the molecule is COc1ccc(Cl)cc1NCc1cn2cc(Cl)ccc2n1. The van der Waals surface area contributed by atoms with Crippen LogP contribution in [0.2, 0.25) is 10.0 Å². The molecule has 0 amide bonds. The van der Waals surface area contributed by atoms with Gasteiger partial charge in [-0.25, -0.2) is 4.98 Å². The van der Waals surface area contributed by atoms with Gasteiger partial charge >= 0.3 is 0 Å². The number of rotatable bonds is 4. The van der Waals surface area contributed by atoms with E-state index in [-0.39, 0.29) is 0 Å². The molecule has 1 aromatic carbocycles. The molecule has 21 heavy (non-hydrogen) atoms. The third-order valence-electron chi connectivity index (χ3n) is 3.09. The normalized spacial score (nSPS) is 10.8. The fourth-order valence-corrected chi connectivity index (χ4v) is 2.45. The van der Waals surface area contributed by atoms with E-state index in [2.05, 4.69) is 10.3 Å². The number of pyridine rings is 1. The van der Waals surface area contributed by atoms with Gasteiger partial charge < -0.3 is 14.5 Å². The first-order valence-corrected chi connectivity index (χ1v) is 7.12. The molecule has 0 aliphatic carbocycles. The van der Waals surface area contributed by atoms with E-state index in [1.807, 2.05) is 41.1 Å². The van der Waals surface area contributed by atoms with E-state index in [1.165, 1.54) is 0 Å². The predicted molar refractivity (Wildman–Crippen MR) is 85.5 cm³/mol. The van der Waals surface area contributed by atoms with Gasteiger partial charge in [0.1, 0.15) is 11.4 Å². The molecular weight excluding hydrogens is 309 g/mol. The number of nitrogens with one attached hydrogen (secondary N) is 1. The quantitative estimate of drug-likeness (QED) is 0.780. The predicted octanol–water partition coefficient (Wildman–Crippen LogP) is 4.26. The van der Waals surface area contributed by atoms with Crippen molar-refractivity contribution in [3.05, 3.63) is 58.5 Å². The highest BCUT2D eigenvalue weighted by molar-refractivity contribution is 6.31. The Bertz CT molecular complexity index is 786. The molecule has 0 saturated carbocycles. The Kier molecular flexibility index (Phi) is 3.90. The molecule has 1 N–H and O–H groups in total. The second kappa shape index (κ2) is 5.84. The second-order valence-electron chi connectivity index (χ2n) is 4.54. The van der Waals surface area contributed by atoms with E-state index in [1.54, 1.807) is 13.2 Å². The number of ether oxygens (including phenoxy) is 1. The van der Waals surface area contributed by atoms with Crippen molar-refractivity contribution in [2.24, 2.45) is 0 Å². The van der Waals surface area contributed by atoms with Gasteiger partial charge in [0.2, 0.25) is 0 Å². The largest absolute Gasteiger partial charge is 0.495 e. The average Bonchev–Trinajstić information content (AvgIpc) is 2.87. The van der Waals surface area contributed by atoms with Gasteiger partial charge in [-0.2, -0.15) is 0 Å². The highest BCUT2D eigenvalue weighted by atomic mass is 35.5. The number of nitrogens with zero attached hydrogens (tertiary/aromatic N) is 2. The van der Waals surface area contributed by atoms with Crippen molar-refractivity contribution in [2.75, 3.05) is 12.4 Å². The van der Waals surface area contributed by atoms with E-state index in [0.717, 1.165) is 22.8 Å². The molecule has 2 heterocycles. The van der Waals surface area contributed by atoms with Crippen LogP contribution in [-0.2, 0) is 6.54 Å². The Labute approximate surface area is 132 Å². The van der Waals surface area contributed by atoms with E-state index >= 15 is 0 Å². The Morgan fingerprint density at radius 2 is 1.95 bits per heavy atom. The monoisotopic (exact) mass is 321 g/mol. The Hall–Kier alpha value is -1.91.